The van der Waals surface area contributed by atoms with Gasteiger partial charge in [-0.05, 0) is 25.5 Å². The minimum absolute atomic E-state index is 0.668. The molecule has 1 fully saturated rings. The van der Waals surface area contributed by atoms with Crippen LogP contribution < -0.4 is 5.32 Å². The van der Waals surface area contributed by atoms with Crippen molar-refractivity contribution >= 4 is 11.8 Å². The summed E-state index contributed by atoms with van der Waals surface area (Å²) in [6.45, 7) is 0.884. The number of nitrogens with one attached hydrogen (secondary N) is 1. The van der Waals surface area contributed by atoms with Crippen molar-refractivity contribution in [3.05, 3.63) is 11.9 Å². The first kappa shape index (κ1) is 11.9. The van der Waals surface area contributed by atoms with Crippen LogP contribution in [-0.2, 0) is 13.6 Å². The normalized spacial score (nSPS) is 25.9. The minimum atomic E-state index is 0.668. The van der Waals surface area contributed by atoms with Crippen molar-refractivity contribution in [3.8, 4) is 0 Å². The van der Waals surface area contributed by atoms with Gasteiger partial charge in [-0.2, -0.15) is 11.8 Å². The highest BCUT2D eigenvalue weighted by atomic mass is 32.2. The summed E-state index contributed by atoms with van der Waals surface area (Å²) in [5, 5.41) is 12.3. The maximum absolute atomic E-state index is 3.93. The van der Waals surface area contributed by atoms with E-state index in [-0.39, 0.29) is 0 Å². The minimum Gasteiger partial charge on any atom is -0.308 e. The second kappa shape index (κ2) is 5.68. The van der Waals surface area contributed by atoms with E-state index in [1.165, 1.54) is 25.7 Å². The smallest absolute Gasteiger partial charge is 0.0738 e. The van der Waals surface area contributed by atoms with Gasteiger partial charge in [-0.1, -0.05) is 11.6 Å². The standard InChI is InChI=1S/C11H20N4S/c1-15-10(8-13-14-15)7-12-9-4-3-5-11(6-9)16-2/h8-9,11-12H,3-7H2,1-2H3. The van der Waals surface area contributed by atoms with E-state index in [2.05, 4.69) is 21.9 Å². The molecule has 0 aliphatic heterocycles. The highest BCUT2D eigenvalue weighted by Crippen LogP contribution is 2.26. The summed E-state index contributed by atoms with van der Waals surface area (Å²) < 4.78 is 1.84. The largest absolute Gasteiger partial charge is 0.308 e. The number of nitrogens with zero attached hydrogens (tertiary/aromatic N) is 3. The third-order valence-electron chi connectivity index (χ3n) is 3.34. The molecular formula is C11H20N4S. The van der Waals surface area contributed by atoms with Crippen LogP contribution in [0.1, 0.15) is 31.4 Å². The molecule has 90 valence electrons. The molecule has 0 bridgehead atoms. The van der Waals surface area contributed by atoms with Gasteiger partial charge in [-0.25, -0.2) is 0 Å². The molecule has 0 spiro atoms. The van der Waals surface area contributed by atoms with E-state index in [0.717, 1.165) is 17.5 Å². The second-order valence-corrected chi connectivity index (χ2v) is 5.59. The lowest BCUT2D eigenvalue weighted by atomic mass is 9.95. The summed E-state index contributed by atoms with van der Waals surface area (Å²) in [6, 6.07) is 0.668. The summed E-state index contributed by atoms with van der Waals surface area (Å²) in [7, 11) is 1.94. The van der Waals surface area contributed by atoms with Crippen molar-refractivity contribution in [2.24, 2.45) is 7.05 Å². The van der Waals surface area contributed by atoms with Crippen LogP contribution in [0.3, 0.4) is 0 Å². The number of aryl methyl sites for hydroxylation is 1. The van der Waals surface area contributed by atoms with Gasteiger partial charge in [0.15, 0.2) is 0 Å². The van der Waals surface area contributed by atoms with Gasteiger partial charge in [-0.15, -0.1) is 5.10 Å². The summed E-state index contributed by atoms with van der Waals surface area (Å²) in [6.07, 6.45) is 9.40. The molecule has 4 nitrogen and oxygen atoms in total. The zero-order valence-corrected chi connectivity index (χ0v) is 10.8. The van der Waals surface area contributed by atoms with Crippen molar-refractivity contribution in [2.45, 2.75) is 43.5 Å². The van der Waals surface area contributed by atoms with E-state index in [9.17, 15) is 0 Å². The van der Waals surface area contributed by atoms with Crippen molar-refractivity contribution in [2.75, 3.05) is 6.26 Å². The van der Waals surface area contributed by atoms with Gasteiger partial charge < -0.3 is 5.32 Å². The molecule has 1 saturated carbocycles. The predicted octanol–water partition coefficient (Wildman–Crippen LogP) is 1.58. The number of thioether (sulfide) groups is 1. The van der Waals surface area contributed by atoms with Crippen LogP contribution in [0.4, 0.5) is 0 Å². The van der Waals surface area contributed by atoms with Crippen molar-refractivity contribution in [1.82, 2.24) is 20.3 Å². The molecule has 0 aromatic carbocycles. The third-order valence-corrected chi connectivity index (χ3v) is 4.43. The average molecular weight is 240 g/mol. The molecule has 1 heterocycles. The maximum atomic E-state index is 3.93. The molecule has 1 aliphatic carbocycles. The fourth-order valence-corrected chi connectivity index (χ4v) is 3.09. The fourth-order valence-electron chi connectivity index (χ4n) is 2.26. The summed E-state index contributed by atoms with van der Waals surface area (Å²) >= 11 is 2.01. The van der Waals surface area contributed by atoms with Gasteiger partial charge in [0.1, 0.15) is 0 Å². The Balaban J connectivity index is 1.79. The van der Waals surface area contributed by atoms with Crippen LogP contribution in [0.2, 0.25) is 0 Å². The molecule has 1 aliphatic rings. The predicted molar refractivity (Wildman–Crippen MR) is 67.4 cm³/mol. The van der Waals surface area contributed by atoms with Crippen molar-refractivity contribution < 1.29 is 0 Å². The van der Waals surface area contributed by atoms with Gasteiger partial charge in [0.05, 0.1) is 11.9 Å². The highest BCUT2D eigenvalue weighted by Gasteiger charge is 2.20. The fraction of sp³-hybridized carbons (Fsp3) is 0.818. The quantitative estimate of drug-likeness (QED) is 0.867. The number of hydrogen-bond donors (Lipinski definition) is 1. The molecule has 2 unspecified atom stereocenters. The zero-order valence-electron chi connectivity index (χ0n) is 10.0. The lowest BCUT2D eigenvalue weighted by molar-refractivity contribution is 0.376. The van der Waals surface area contributed by atoms with E-state index in [1.54, 1.807) is 0 Å². The Labute approximate surface area is 101 Å². The molecule has 16 heavy (non-hydrogen) atoms. The first-order valence-electron chi connectivity index (χ1n) is 5.89. The number of rotatable bonds is 4. The summed E-state index contributed by atoms with van der Waals surface area (Å²) in [4.78, 5) is 0. The van der Waals surface area contributed by atoms with Gasteiger partial charge in [0.25, 0.3) is 0 Å². The molecular weight excluding hydrogens is 220 g/mol. The monoisotopic (exact) mass is 240 g/mol. The first-order valence-corrected chi connectivity index (χ1v) is 7.18. The Morgan fingerprint density at radius 2 is 2.44 bits per heavy atom. The maximum Gasteiger partial charge on any atom is 0.0738 e. The van der Waals surface area contributed by atoms with Crippen molar-refractivity contribution in [1.29, 1.82) is 0 Å². The van der Waals surface area contributed by atoms with Gasteiger partial charge in [0, 0.05) is 24.9 Å². The Morgan fingerprint density at radius 1 is 1.56 bits per heavy atom. The first-order chi connectivity index (χ1) is 7.79. The van der Waals surface area contributed by atoms with Crippen LogP contribution >= 0.6 is 11.8 Å². The lowest BCUT2D eigenvalue weighted by Crippen LogP contribution is -2.35. The van der Waals surface area contributed by atoms with Crippen LogP contribution in [0.5, 0.6) is 0 Å². The van der Waals surface area contributed by atoms with Crippen LogP contribution in [0.15, 0.2) is 6.20 Å². The molecule has 0 saturated heterocycles. The second-order valence-electron chi connectivity index (χ2n) is 4.45. The van der Waals surface area contributed by atoms with E-state index in [4.69, 9.17) is 0 Å². The SMILES string of the molecule is CSC1CCCC(NCc2cnnn2C)C1. The van der Waals surface area contributed by atoms with Gasteiger partial charge >= 0.3 is 0 Å². The van der Waals surface area contributed by atoms with Gasteiger partial charge in [-0.3, -0.25) is 4.68 Å². The molecule has 5 heteroatoms. The van der Waals surface area contributed by atoms with Crippen LogP contribution in [0.25, 0.3) is 0 Å². The topological polar surface area (TPSA) is 42.7 Å². The molecule has 2 atom stereocenters. The number of hydrogen-bond acceptors (Lipinski definition) is 4. The van der Waals surface area contributed by atoms with E-state index < -0.39 is 0 Å². The molecule has 1 N–H and O–H groups in total. The molecule has 1 aromatic heterocycles. The van der Waals surface area contributed by atoms with E-state index >= 15 is 0 Å². The summed E-state index contributed by atoms with van der Waals surface area (Å²) in [5.74, 6) is 0. The third kappa shape index (κ3) is 2.98. The lowest BCUT2D eigenvalue weighted by Gasteiger charge is -2.28. The van der Waals surface area contributed by atoms with E-state index in [1.807, 2.05) is 29.7 Å². The zero-order chi connectivity index (χ0) is 11.4. The Kier molecular flexibility index (Phi) is 4.23. The molecule has 2 rings (SSSR count). The number of aromatic nitrogens is 3. The summed E-state index contributed by atoms with van der Waals surface area (Å²) in [5.41, 5.74) is 1.16. The highest BCUT2D eigenvalue weighted by molar-refractivity contribution is 7.99. The molecule has 0 amide bonds. The van der Waals surface area contributed by atoms with Gasteiger partial charge in [0.2, 0.25) is 0 Å². The Morgan fingerprint density at radius 3 is 3.12 bits per heavy atom. The van der Waals surface area contributed by atoms with Crippen LogP contribution in [0, 0.1) is 0 Å². The van der Waals surface area contributed by atoms with Crippen molar-refractivity contribution in [3.63, 3.8) is 0 Å². The molecule has 1 aromatic rings. The Hall–Kier alpha value is -0.550. The van der Waals surface area contributed by atoms with Crippen LogP contribution in [-0.4, -0.2) is 32.5 Å². The molecule has 0 radical (unpaired) electrons. The Bertz CT molecular complexity index is 326. The average Bonchev–Trinajstić information content (AvgIpc) is 2.72. The van der Waals surface area contributed by atoms with E-state index in [0.29, 0.717) is 6.04 Å².